The molecule has 0 bridgehead atoms. The summed E-state index contributed by atoms with van der Waals surface area (Å²) in [4.78, 5) is 30.0. The first-order valence-electron chi connectivity index (χ1n) is 9.56. The summed E-state index contributed by atoms with van der Waals surface area (Å²) in [7, 11) is 0. The highest BCUT2D eigenvalue weighted by Crippen LogP contribution is 2.33. The van der Waals surface area contributed by atoms with E-state index in [2.05, 4.69) is 15.4 Å². The van der Waals surface area contributed by atoms with E-state index in [-0.39, 0.29) is 18.0 Å². The molecule has 0 saturated heterocycles. The maximum absolute atomic E-state index is 12.2. The maximum Gasteiger partial charge on any atom is 0.266 e. The largest absolute Gasteiger partial charge is 0.350 e. The van der Waals surface area contributed by atoms with Gasteiger partial charge in [-0.25, -0.2) is 9.67 Å². The minimum Gasteiger partial charge on any atom is -0.350 e. The summed E-state index contributed by atoms with van der Waals surface area (Å²) in [6, 6.07) is 22.2. The summed E-state index contributed by atoms with van der Waals surface area (Å²) in [5.41, 5.74) is 2.99. The van der Waals surface area contributed by atoms with E-state index >= 15 is 0 Å². The van der Waals surface area contributed by atoms with Crippen molar-refractivity contribution < 1.29 is 4.79 Å². The smallest absolute Gasteiger partial charge is 0.266 e. The fourth-order valence-corrected chi connectivity index (χ4v) is 4.07. The number of hydrogen-bond donors (Lipinski definition) is 1. The van der Waals surface area contributed by atoms with Crippen molar-refractivity contribution in [2.45, 2.75) is 13.5 Å². The molecule has 0 unspecified atom stereocenters. The third-order valence-corrected chi connectivity index (χ3v) is 5.79. The monoisotopic (exact) mass is 416 g/mol. The maximum atomic E-state index is 12.2. The number of rotatable bonds is 6. The van der Waals surface area contributed by atoms with Gasteiger partial charge >= 0.3 is 0 Å². The quantitative estimate of drug-likeness (QED) is 0.519. The molecule has 6 nitrogen and oxygen atoms in total. The molecular weight excluding hydrogens is 396 g/mol. The van der Waals surface area contributed by atoms with Crippen LogP contribution >= 0.6 is 11.3 Å². The first kappa shape index (κ1) is 19.7. The van der Waals surface area contributed by atoms with Gasteiger partial charge in [0.15, 0.2) is 0 Å². The Morgan fingerprint density at radius 3 is 2.43 bits per heavy atom. The van der Waals surface area contributed by atoms with Crippen molar-refractivity contribution in [3.8, 4) is 21.1 Å². The second-order valence-electron chi connectivity index (χ2n) is 6.70. The molecule has 4 aromatic rings. The van der Waals surface area contributed by atoms with Gasteiger partial charge in [0.2, 0.25) is 0 Å². The van der Waals surface area contributed by atoms with Crippen LogP contribution in [-0.2, 0) is 6.54 Å². The molecule has 1 N–H and O–H groups in total. The Morgan fingerprint density at radius 1 is 1.00 bits per heavy atom. The molecule has 150 valence electrons. The molecule has 4 rings (SSSR count). The zero-order chi connectivity index (χ0) is 20.9. The van der Waals surface area contributed by atoms with Gasteiger partial charge < -0.3 is 5.32 Å². The van der Waals surface area contributed by atoms with Crippen LogP contribution in [0.2, 0.25) is 0 Å². The van der Waals surface area contributed by atoms with E-state index in [1.54, 1.807) is 29.5 Å². The number of aryl methyl sites for hydroxylation is 1. The van der Waals surface area contributed by atoms with Gasteiger partial charge in [-0.2, -0.15) is 5.10 Å². The number of hydrogen-bond acceptors (Lipinski definition) is 5. The Balaban J connectivity index is 1.50. The van der Waals surface area contributed by atoms with Crippen LogP contribution in [0.5, 0.6) is 0 Å². The number of amides is 1. The molecule has 2 aromatic heterocycles. The molecule has 30 heavy (non-hydrogen) atoms. The minimum absolute atomic E-state index is 0.175. The Morgan fingerprint density at radius 2 is 1.70 bits per heavy atom. The van der Waals surface area contributed by atoms with Crippen LogP contribution in [0.4, 0.5) is 0 Å². The summed E-state index contributed by atoms with van der Waals surface area (Å²) >= 11 is 1.55. The van der Waals surface area contributed by atoms with Crippen molar-refractivity contribution in [3.05, 3.63) is 94.4 Å². The van der Waals surface area contributed by atoms with E-state index < -0.39 is 0 Å². The van der Waals surface area contributed by atoms with Gasteiger partial charge in [-0.05, 0) is 25.1 Å². The van der Waals surface area contributed by atoms with Gasteiger partial charge in [-0.15, -0.1) is 11.3 Å². The summed E-state index contributed by atoms with van der Waals surface area (Å²) in [6.45, 7) is 2.53. The van der Waals surface area contributed by atoms with Crippen molar-refractivity contribution in [1.29, 1.82) is 0 Å². The lowest BCUT2D eigenvalue weighted by Gasteiger charge is -2.08. The molecule has 0 radical (unpaired) electrons. The number of carbonyl (C=O) groups excluding carboxylic acids is 1. The third-order valence-electron chi connectivity index (χ3n) is 4.56. The number of nitrogens with zero attached hydrogens (tertiary/aromatic N) is 3. The average molecular weight is 417 g/mol. The number of carbonyl (C=O) groups is 1. The molecule has 7 heteroatoms. The lowest BCUT2D eigenvalue weighted by molar-refractivity contribution is 0.0951. The highest BCUT2D eigenvalue weighted by molar-refractivity contribution is 7.18. The Labute approximate surface area is 177 Å². The molecule has 1 amide bonds. The zero-order valence-corrected chi connectivity index (χ0v) is 17.2. The molecule has 0 spiro atoms. The van der Waals surface area contributed by atoms with E-state index in [4.69, 9.17) is 0 Å². The standard InChI is InChI=1S/C23H20N4O2S/c1-16-21(30-23(25-16)18-10-6-3-7-11-18)19-12-13-20(28)27(26-19)15-14-24-22(29)17-8-4-2-5-9-17/h2-13H,14-15H2,1H3,(H,24,29). The van der Waals surface area contributed by atoms with Gasteiger partial charge in [0.1, 0.15) is 10.7 Å². The molecule has 0 atom stereocenters. The molecule has 0 aliphatic rings. The predicted molar refractivity (Wildman–Crippen MR) is 119 cm³/mol. The highest BCUT2D eigenvalue weighted by atomic mass is 32.1. The number of aromatic nitrogens is 3. The number of benzene rings is 2. The lowest BCUT2D eigenvalue weighted by atomic mass is 10.2. The van der Waals surface area contributed by atoms with Crippen molar-refractivity contribution >= 4 is 17.2 Å². The van der Waals surface area contributed by atoms with Gasteiger partial charge in [0, 0.05) is 23.7 Å². The van der Waals surface area contributed by atoms with Crippen LogP contribution in [0.25, 0.3) is 21.1 Å². The van der Waals surface area contributed by atoms with Gasteiger partial charge in [0.05, 0.1) is 17.1 Å². The molecule has 0 aliphatic carbocycles. The summed E-state index contributed by atoms with van der Waals surface area (Å²) in [5, 5.41) is 8.24. The van der Waals surface area contributed by atoms with Crippen molar-refractivity contribution in [3.63, 3.8) is 0 Å². The predicted octanol–water partition coefficient (Wildman–Crippen LogP) is 3.77. The van der Waals surface area contributed by atoms with Crippen LogP contribution in [0.1, 0.15) is 16.1 Å². The van der Waals surface area contributed by atoms with E-state index in [1.807, 2.05) is 55.5 Å². The van der Waals surface area contributed by atoms with Crippen molar-refractivity contribution in [2.24, 2.45) is 0 Å². The van der Waals surface area contributed by atoms with Crippen molar-refractivity contribution in [1.82, 2.24) is 20.1 Å². The molecule has 2 heterocycles. The van der Waals surface area contributed by atoms with Gasteiger partial charge in [0.25, 0.3) is 11.5 Å². The average Bonchev–Trinajstić information content (AvgIpc) is 3.18. The lowest BCUT2D eigenvalue weighted by Crippen LogP contribution is -2.31. The Bertz CT molecular complexity index is 1220. The van der Waals surface area contributed by atoms with Gasteiger partial charge in [-0.3, -0.25) is 9.59 Å². The second-order valence-corrected chi connectivity index (χ2v) is 7.70. The SMILES string of the molecule is Cc1nc(-c2ccccc2)sc1-c1ccc(=O)n(CCNC(=O)c2ccccc2)n1. The Kier molecular flexibility index (Phi) is 5.81. The summed E-state index contributed by atoms with van der Waals surface area (Å²) in [5.74, 6) is -0.175. The van der Waals surface area contributed by atoms with E-state index in [1.165, 1.54) is 10.7 Å². The van der Waals surface area contributed by atoms with Gasteiger partial charge in [-0.1, -0.05) is 48.5 Å². The fraction of sp³-hybridized carbons (Fsp3) is 0.130. The van der Waals surface area contributed by atoms with Crippen LogP contribution in [-0.4, -0.2) is 27.2 Å². The zero-order valence-electron chi connectivity index (χ0n) is 16.4. The molecular formula is C23H20N4O2S. The first-order valence-corrected chi connectivity index (χ1v) is 10.4. The molecule has 0 fully saturated rings. The van der Waals surface area contributed by atoms with Crippen LogP contribution in [0, 0.1) is 6.92 Å². The minimum atomic E-state index is -0.210. The third kappa shape index (κ3) is 4.36. The summed E-state index contributed by atoms with van der Waals surface area (Å²) in [6.07, 6.45) is 0. The van der Waals surface area contributed by atoms with Crippen LogP contribution < -0.4 is 10.9 Å². The highest BCUT2D eigenvalue weighted by Gasteiger charge is 2.14. The van der Waals surface area contributed by atoms with Crippen LogP contribution in [0.3, 0.4) is 0 Å². The van der Waals surface area contributed by atoms with E-state index in [9.17, 15) is 9.59 Å². The van der Waals surface area contributed by atoms with E-state index in [0.717, 1.165) is 21.1 Å². The number of thiazole rings is 1. The first-order chi connectivity index (χ1) is 14.6. The molecule has 0 aliphatic heterocycles. The number of nitrogens with one attached hydrogen (secondary N) is 1. The van der Waals surface area contributed by atoms with Crippen molar-refractivity contribution in [2.75, 3.05) is 6.54 Å². The second kappa shape index (κ2) is 8.84. The normalized spacial score (nSPS) is 10.7. The topological polar surface area (TPSA) is 76.9 Å². The van der Waals surface area contributed by atoms with E-state index in [0.29, 0.717) is 17.8 Å². The molecule has 0 saturated carbocycles. The fourth-order valence-electron chi connectivity index (χ4n) is 3.04. The Hall–Kier alpha value is -3.58. The van der Waals surface area contributed by atoms with Crippen LogP contribution in [0.15, 0.2) is 77.6 Å². The summed E-state index contributed by atoms with van der Waals surface area (Å²) < 4.78 is 1.38. The molecule has 2 aromatic carbocycles.